The molecule has 1 amide bonds. The first kappa shape index (κ1) is 19.5. The zero-order chi connectivity index (χ0) is 20.2. The summed E-state index contributed by atoms with van der Waals surface area (Å²) in [5, 5.41) is 10.0. The monoisotopic (exact) mass is 393 g/mol. The highest BCUT2D eigenvalue weighted by atomic mass is 16.3. The minimum absolute atomic E-state index is 0.0130. The molecule has 7 nitrogen and oxygen atoms in total. The number of anilines is 1. The average molecular weight is 393 g/mol. The molecule has 7 heteroatoms. The van der Waals surface area contributed by atoms with E-state index in [9.17, 15) is 9.90 Å². The second-order valence-electron chi connectivity index (χ2n) is 7.47. The van der Waals surface area contributed by atoms with Crippen LogP contribution in [0.15, 0.2) is 49.3 Å². The zero-order valence-corrected chi connectivity index (χ0v) is 16.6. The number of carbonyl (C=O) groups excluding carboxylic acids is 1. The summed E-state index contributed by atoms with van der Waals surface area (Å²) in [7, 11) is 0. The number of nitrogens with zero attached hydrogens (tertiary/aromatic N) is 5. The highest BCUT2D eigenvalue weighted by Crippen LogP contribution is 2.30. The van der Waals surface area contributed by atoms with Crippen molar-refractivity contribution in [3.63, 3.8) is 0 Å². The molecule has 3 heterocycles. The number of hydrogen-bond donors (Lipinski definition) is 1. The lowest BCUT2D eigenvalue weighted by Crippen LogP contribution is -2.49. The molecule has 1 fully saturated rings. The first-order valence-electron chi connectivity index (χ1n) is 10.1. The van der Waals surface area contributed by atoms with Crippen LogP contribution in [0.1, 0.15) is 22.9 Å². The van der Waals surface area contributed by atoms with Crippen LogP contribution in [0.5, 0.6) is 0 Å². The molecule has 2 aromatic rings. The predicted molar refractivity (Wildman–Crippen MR) is 111 cm³/mol. The number of piperazine rings is 1. The largest absolute Gasteiger partial charge is 0.394 e. The Morgan fingerprint density at radius 3 is 2.59 bits per heavy atom. The van der Waals surface area contributed by atoms with Crippen LogP contribution < -0.4 is 4.90 Å². The van der Waals surface area contributed by atoms with Gasteiger partial charge in [0.1, 0.15) is 12.1 Å². The SMILES string of the molecule is C=CC(=O)N1CCN(c2ncnc3c2CCN(C(CO)c2ccccc2)C3)CC1. The van der Waals surface area contributed by atoms with E-state index in [1.165, 1.54) is 11.6 Å². The highest BCUT2D eigenvalue weighted by Gasteiger charge is 2.29. The lowest BCUT2D eigenvalue weighted by Gasteiger charge is -2.38. The van der Waals surface area contributed by atoms with Gasteiger partial charge < -0.3 is 14.9 Å². The van der Waals surface area contributed by atoms with E-state index in [1.54, 1.807) is 6.33 Å². The molecule has 152 valence electrons. The van der Waals surface area contributed by atoms with Gasteiger partial charge in [-0.25, -0.2) is 9.97 Å². The summed E-state index contributed by atoms with van der Waals surface area (Å²) in [5.41, 5.74) is 3.34. The fourth-order valence-electron chi connectivity index (χ4n) is 4.27. The molecular formula is C22H27N5O2. The van der Waals surface area contributed by atoms with Gasteiger partial charge >= 0.3 is 0 Å². The number of fused-ring (bicyclic) bond motifs is 1. The molecule has 0 bridgehead atoms. The molecule has 1 unspecified atom stereocenters. The third-order valence-corrected chi connectivity index (χ3v) is 5.88. The topological polar surface area (TPSA) is 72.8 Å². The number of aliphatic hydroxyl groups is 1. The van der Waals surface area contributed by atoms with Crippen molar-refractivity contribution < 1.29 is 9.90 Å². The van der Waals surface area contributed by atoms with E-state index in [2.05, 4.69) is 38.5 Å². The van der Waals surface area contributed by atoms with E-state index in [-0.39, 0.29) is 18.6 Å². The molecule has 1 aromatic carbocycles. The molecule has 4 rings (SSSR count). The second kappa shape index (κ2) is 8.71. The molecule has 2 aliphatic heterocycles. The summed E-state index contributed by atoms with van der Waals surface area (Å²) >= 11 is 0. The number of aliphatic hydroxyl groups excluding tert-OH is 1. The summed E-state index contributed by atoms with van der Waals surface area (Å²) in [6, 6.07) is 10.1. The van der Waals surface area contributed by atoms with Crippen LogP contribution in [0.3, 0.4) is 0 Å². The van der Waals surface area contributed by atoms with Crippen molar-refractivity contribution in [3.8, 4) is 0 Å². The van der Waals surface area contributed by atoms with E-state index in [1.807, 2.05) is 23.1 Å². The standard InChI is InChI=1S/C22H27N5O2/c1-2-21(29)25-10-12-26(13-11-25)22-18-8-9-27(14-19(18)23-16-24-22)20(15-28)17-6-4-3-5-7-17/h2-7,16,20,28H,1,8-15H2. The maximum absolute atomic E-state index is 11.8. The molecule has 2 aliphatic rings. The Balaban J connectivity index is 1.50. The summed E-state index contributed by atoms with van der Waals surface area (Å²) in [4.78, 5) is 27.3. The summed E-state index contributed by atoms with van der Waals surface area (Å²) in [5.74, 6) is 0.974. The number of hydrogen-bond acceptors (Lipinski definition) is 6. The molecule has 29 heavy (non-hydrogen) atoms. The lowest BCUT2D eigenvalue weighted by atomic mass is 9.99. The molecule has 1 atom stereocenters. The Morgan fingerprint density at radius 1 is 1.14 bits per heavy atom. The van der Waals surface area contributed by atoms with Gasteiger partial charge in [-0.3, -0.25) is 9.69 Å². The van der Waals surface area contributed by atoms with Crippen molar-refractivity contribution in [1.82, 2.24) is 19.8 Å². The minimum atomic E-state index is -0.0313. The Kier molecular flexibility index (Phi) is 5.87. The van der Waals surface area contributed by atoms with Crippen LogP contribution in [-0.2, 0) is 17.8 Å². The number of rotatable bonds is 5. The Hall–Kier alpha value is -2.77. The molecular weight excluding hydrogens is 366 g/mol. The molecule has 1 aromatic heterocycles. The van der Waals surface area contributed by atoms with Crippen LogP contribution >= 0.6 is 0 Å². The lowest BCUT2D eigenvalue weighted by molar-refractivity contribution is -0.126. The maximum Gasteiger partial charge on any atom is 0.246 e. The molecule has 0 radical (unpaired) electrons. The average Bonchev–Trinajstić information content (AvgIpc) is 2.79. The van der Waals surface area contributed by atoms with Gasteiger partial charge in [0.05, 0.1) is 18.3 Å². The van der Waals surface area contributed by atoms with Crippen molar-refractivity contribution in [3.05, 3.63) is 66.1 Å². The van der Waals surface area contributed by atoms with Crippen molar-refractivity contribution in [1.29, 1.82) is 0 Å². The van der Waals surface area contributed by atoms with Crippen LogP contribution in [0.25, 0.3) is 0 Å². The van der Waals surface area contributed by atoms with Gasteiger partial charge in [0.2, 0.25) is 5.91 Å². The fraction of sp³-hybridized carbons (Fsp3) is 0.409. The van der Waals surface area contributed by atoms with E-state index in [0.717, 1.165) is 43.1 Å². The highest BCUT2D eigenvalue weighted by molar-refractivity contribution is 5.87. The summed E-state index contributed by atoms with van der Waals surface area (Å²) in [6.07, 6.45) is 3.86. The number of benzene rings is 1. The smallest absolute Gasteiger partial charge is 0.246 e. The predicted octanol–water partition coefficient (Wildman–Crippen LogP) is 1.40. The van der Waals surface area contributed by atoms with Gasteiger partial charge in [0, 0.05) is 44.8 Å². The normalized spacial score (nSPS) is 18.2. The van der Waals surface area contributed by atoms with Crippen LogP contribution in [-0.4, -0.2) is 70.1 Å². The number of amides is 1. The summed E-state index contributed by atoms with van der Waals surface area (Å²) < 4.78 is 0. The minimum Gasteiger partial charge on any atom is -0.394 e. The third kappa shape index (κ3) is 4.02. The Labute approximate surface area is 171 Å². The molecule has 1 N–H and O–H groups in total. The van der Waals surface area contributed by atoms with E-state index < -0.39 is 0 Å². The summed E-state index contributed by atoms with van der Waals surface area (Å²) in [6.45, 7) is 8.07. The number of carbonyl (C=O) groups is 1. The van der Waals surface area contributed by atoms with E-state index in [0.29, 0.717) is 19.6 Å². The van der Waals surface area contributed by atoms with Crippen LogP contribution in [0.2, 0.25) is 0 Å². The molecule has 0 aliphatic carbocycles. The first-order chi connectivity index (χ1) is 14.2. The zero-order valence-electron chi connectivity index (χ0n) is 16.6. The van der Waals surface area contributed by atoms with Gasteiger partial charge in [-0.1, -0.05) is 36.9 Å². The van der Waals surface area contributed by atoms with Gasteiger partial charge in [0.15, 0.2) is 0 Å². The molecule has 0 spiro atoms. The van der Waals surface area contributed by atoms with Crippen molar-refractivity contribution in [2.45, 2.75) is 19.0 Å². The maximum atomic E-state index is 11.8. The van der Waals surface area contributed by atoms with E-state index in [4.69, 9.17) is 0 Å². The van der Waals surface area contributed by atoms with E-state index >= 15 is 0 Å². The number of aromatic nitrogens is 2. The second-order valence-corrected chi connectivity index (χ2v) is 7.47. The van der Waals surface area contributed by atoms with Crippen molar-refractivity contribution >= 4 is 11.7 Å². The van der Waals surface area contributed by atoms with Crippen molar-refractivity contribution in [2.24, 2.45) is 0 Å². The Bertz CT molecular complexity index is 865. The van der Waals surface area contributed by atoms with Crippen molar-refractivity contribution in [2.75, 3.05) is 44.2 Å². The fourth-order valence-corrected chi connectivity index (χ4v) is 4.27. The Morgan fingerprint density at radius 2 is 1.90 bits per heavy atom. The quantitative estimate of drug-likeness (QED) is 0.775. The van der Waals surface area contributed by atoms with Crippen LogP contribution in [0.4, 0.5) is 5.82 Å². The van der Waals surface area contributed by atoms with Gasteiger partial charge in [-0.15, -0.1) is 0 Å². The van der Waals surface area contributed by atoms with Gasteiger partial charge in [-0.05, 0) is 18.1 Å². The third-order valence-electron chi connectivity index (χ3n) is 5.88. The first-order valence-corrected chi connectivity index (χ1v) is 10.1. The molecule has 1 saturated heterocycles. The molecule has 0 saturated carbocycles. The van der Waals surface area contributed by atoms with Gasteiger partial charge in [-0.2, -0.15) is 0 Å². The van der Waals surface area contributed by atoms with Gasteiger partial charge in [0.25, 0.3) is 0 Å². The van der Waals surface area contributed by atoms with Crippen LogP contribution in [0, 0.1) is 0 Å².